The van der Waals surface area contributed by atoms with Crippen LogP contribution in [0, 0.1) is 0 Å². The Balaban J connectivity index is 1.82. The molecular formula is C19H19ClN2O4. The number of nitrogens with zero attached hydrogens (tertiary/aromatic N) is 2. The van der Waals surface area contributed by atoms with Crippen LogP contribution >= 0.6 is 11.6 Å². The predicted molar refractivity (Wildman–Crippen MR) is 99.0 cm³/mol. The molecule has 1 aliphatic rings. The summed E-state index contributed by atoms with van der Waals surface area (Å²) in [4.78, 5) is 28.5. The fourth-order valence-corrected chi connectivity index (χ4v) is 3.24. The van der Waals surface area contributed by atoms with Crippen LogP contribution in [0.3, 0.4) is 0 Å². The molecule has 0 bridgehead atoms. The van der Waals surface area contributed by atoms with Crippen molar-refractivity contribution in [3.8, 4) is 11.5 Å². The lowest BCUT2D eigenvalue weighted by Crippen LogP contribution is -2.57. The van der Waals surface area contributed by atoms with Gasteiger partial charge >= 0.3 is 0 Å². The lowest BCUT2D eigenvalue weighted by atomic mass is 10.1. The van der Waals surface area contributed by atoms with Gasteiger partial charge in [0.2, 0.25) is 5.91 Å². The Morgan fingerprint density at radius 3 is 2.65 bits per heavy atom. The van der Waals surface area contributed by atoms with Crippen LogP contribution in [-0.4, -0.2) is 48.1 Å². The zero-order valence-corrected chi connectivity index (χ0v) is 15.2. The highest BCUT2D eigenvalue weighted by Gasteiger charge is 2.35. The normalized spacial score (nSPS) is 17.3. The van der Waals surface area contributed by atoms with Crippen molar-refractivity contribution in [1.82, 2.24) is 4.90 Å². The Kier molecular flexibility index (Phi) is 5.04. The number of halogens is 1. The SMILES string of the molecule is COc1ccc(C(=O)N2CC(=O)N(c3ccccc3Cl)C[C@@H]2C)c(O)c1. The average Bonchev–Trinajstić information content (AvgIpc) is 2.63. The lowest BCUT2D eigenvalue weighted by Gasteiger charge is -2.39. The molecule has 1 fully saturated rings. The molecule has 2 aromatic carbocycles. The molecule has 3 rings (SSSR count). The third-order valence-corrected chi connectivity index (χ3v) is 4.74. The first-order valence-corrected chi connectivity index (χ1v) is 8.53. The molecule has 1 aliphatic heterocycles. The fraction of sp³-hybridized carbons (Fsp3) is 0.263. The van der Waals surface area contributed by atoms with Crippen molar-refractivity contribution >= 4 is 29.1 Å². The van der Waals surface area contributed by atoms with Crippen LogP contribution in [0.15, 0.2) is 42.5 Å². The fourth-order valence-electron chi connectivity index (χ4n) is 3.00. The first-order chi connectivity index (χ1) is 12.4. The molecule has 0 unspecified atom stereocenters. The number of hydrogen-bond acceptors (Lipinski definition) is 4. The maximum atomic E-state index is 12.8. The van der Waals surface area contributed by atoms with Gasteiger partial charge in [-0.3, -0.25) is 9.59 Å². The Hall–Kier alpha value is -2.73. The molecule has 0 radical (unpaired) electrons. The van der Waals surface area contributed by atoms with Crippen molar-refractivity contribution in [2.75, 3.05) is 25.1 Å². The highest BCUT2D eigenvalue weighted by molar-refractivity contribution is 6.33. The summed E-state index contributed by atoms with van der Waals surface area (Å²) in [5.41, 5.74) is 0.766. The molecule has 1 N–H and O–H groups in total. The van der Waals surface area contributed by atoms with E-state index in [4.69, 9.17) is 16.3 Å². The molecule has 136 valence electrons. The Morgan fingerprint density at radius 1 is 1.27 bits per heavy atom. The van der Waals surface area contributed by atoms with Gasteiger partial charge in [-0.1, -0.05) is 23.7 Å². The third-order valence-electron chi connectivity index (χ3n) is 4.42. The molecule has 1 saturated heterocycles. The van der Waals surface area contributed by atoms with Crippen molar-refractivity contribution in [3.05, 3.63) is 53.1 Å². The number of ether oxygens (including phenoxy) is 1. The number of methoxy groups -OCH3 is 1. The summed E-state index contributed by atoms with van der Waals surface area (Å²) in [6.45, 7) is 2.09. The molecule has 1 atom stereocenters. The quantitative estimate of drug-likeness (QED) is 0.896. The molecule has 0 spiro atoms. The number of aromatic hydroxyl groups is 1. The van der Waals surface area contributed by atoms with Gasteiger partial charge in [0.05, 0.1) is 23.4 Å². The molecule has 26 heavy (non-hydrogen) atoms. The molecular weight excluding hydrogens is 356 g/mol. The van der Waals surface area contributed by atoms with Crippen LogP contribution in [0.25, 0.3) is 0 Å². The van der Waals surface area contributed by atoms with Crippen LogP contribution < -0.4 is 9.64 Å². The summed E-state index contributed by atoms with van der Waals surface area (Å²) < 4.78 is 5.03. The maximum absolute atomic E-state index is 12.8. The van der Waals surface area contributed by atoms with E-state index in [0.29, 0.717) is 23.0 Å². The van der Waals surface area contributed by atoms with Crippen molar-refractivity contribution in [2.45, 2.75) is 13.0 Å². The summed E-state index contributed by atoms with van der Waals surface area (Å²) in [7, 11) is 1.48. The second kappa shape index (κ2) is 7.25. The zero-order valence-electron chi connectivity index (χ0n) is 14.5. The minimum Gasteiger partial charge on any atom is -0.507 e. The second-order valence-electron chi connectivity index (χ2n) is 6.12. The van der Waals surface area contributed by atoms with Gasteiger partial charge in [-0.25, -0.2) is 0 Å². The van der Waals surface area contributed by atoms with Gasteiger partial charge in [-0.15, -0.1) is 0 Å². The van der Waals surface area contributed by atoms with Crippen LogP contribution in [0.1, 0.15) is 17.3 Å². The minimum atomic E-state index is -0.398. The van der Waals surface area contributed by atoms with E-state index in [-0.39, 0.29) is 29.8 Å². The smallest absolute Gasteiger partial charge is 0.258 e. The number of piperazine rings is 1. The summed E-state index contributed by atoms with van der Waals surface area (Å²) in [6, 6.07) is 11.3. The number of amides is 2. The monoisotopic (exact) mass is 374 g/mol. The largest absolute Gasteiger partial charge is 0.507 e. The Morgan fingerprint density at radius 2 is 2.00 bits per heavy atom. The molecule has 0 aromatic heterocycles. The van der Waals surface area contributed by atoms with Gasteiger partial charge in [-0.2, -0.15) is 0 Å². The van der Waals surface area contributed by atoms with Crippen LogP contribution in [0.2, 0.25) is 5.02 Å². The Bertz CT molecular complexity index is 855. The standard InChI is InChI=1S/C19H19ClN2O4/c1-12-10-22(16-6-4-3-5-15(16)20)18(24)11-21(12)19(25)14-8-7-13(26-2)9-17(14)23/h3-9,12,23H,10-11H2,1-2H3/t12-/m0/s1. The summed E-state index contributed by atoms with van der Waals surface area (Å²) >= 11 is 6.20. The summed E-state index contributed by atoms with van der Waals surface area (Å²) in [6.07, 6.45) is 0. The second-order valence-corrected chi connectivity index (χ2v) is 6.53. The number of rotatable bonds is 3. The third kappa shape index (κ3) is 3.32. The number of phenols is 1. The number of para-hydroxylation sites is 1. The van der Waals surface area contributed by atoms with Crippen molar-refractivity contribution in [3.63, 3.8) is 0 Å². The van der Waals surface area contributed by atoms with Gasteiger partial charge in [0.1, 0.15) is 18.0 Å². The molecule has 0 aliphatic carbocycles. The zero-order chi connectivity index (χ0) is 18.8. The van der Waals surface area contributed by atoms with Crippen LogP contribution in [0.4, 0.5) is 5.69 Å². The topological polar surface area (TPSA) is 70.1 Å². The number of phenolic OH excluding ortho intramolecular Hbond substituents is 1. The van der Waals surface area contributed by atoms with E-state index in [9.17, 15) is 14.7 Å². The van der Waals surface area contributed by atoms with Gasteiger partial charge in [0, 0.05) is 18.7 Å². The molecule has 7 heteroatoms. The first kappa shape index (κ1) is 18.1. The van der Waals surface area contributed by atoms with E-state index in [1.807, 2.05) is 13.0 Å². The predicted octanol–water partition coefficient (Wildman–Crippen LogP) is 2.93. The highest BCUT2D eigenvalue weighted by atomic mass is 35.5. The van der Waals surface area contributed by atoms with E-state index in [1.165, 1.54) is 24.1 Å². The van der Waals surface area contributed by atoms with Gasteiger partial charge in [0.15, 0.2) is 0 Å². The van der Waals surface area contributed by atoms with Gasteiger partial charge in [0.25, 0.3) is 5.91 Å². The number of anilines is 1. The summed E-state index contributed by atoms with van der Waals surface area (Å²) in [5, 5.41) is 10.6. The average molecular weight is 375 g/mol. The first-order valence-electron chi connectivity index (χ1n) is 8.15. The van der Waals surface area contributed by atoms with E-state index in [0.717, 1.165) is 0 Å². The van der Waals surface area contributed by atoms with Gasteiger partial charge < -0.3 is 19.6 Å². The number of carbonyl (C=O) groups is 2. The van der Waals surface area contributed by atoms with E-state index in [2.05, 4.69) is 0 Å². The number of benzene rings is 2. The van der Waals surface area contributed by atoms with E-state index < -0.39 is 5.91 Å². The van der Waals surface area contributed by atoms with E-state index >= 15 is 0 Å². The molecule has 2 aromatic rings. The van der Waals surface area contributed by atoms with E-state index in [1.54, 1.807) is 29.2 Å². The lowest BCUT2D eigenvalue weighted by molar-refractivity contribution is -0.121. The molecule has 0 saturated carbocycles. The molecule has 2 amide bonds. The van der Waals surface area contributed by atoms with Crippen LogP contribution in [0.5, 0.6) is 11.5 Å². The maximum Gasteiger partial charge on any atom is 0.258 e. The Labute approximate surface area is 156 Å². The summed E-state index contributed by atoms with van der Waals surface area (Å²) in [5.74, 6) is -0.350. The number of hydrogen-bond donors (Lipinski definition) is 1. The van der Waals surface area contributed by atoms with Crippen molar-refractivity contribution in [1.29, 1.82) is 0 Å². The van der Waals surface area contributed by atoms with Crippen LogP contribution in [-0.2, 0) is 4.79 Å². The molecule has 1 heterocycles. The molecule has 6 nitrogen and oxygen atoms in total. The van der Waals surface area contributed by atoms with Gasteiger partial charge in [-0.05, 0) is 31.2 Å². The highest BCUT2D eigenvalue weighted by Crippen LogP contribution is 2.30. The minimum absolute atomic E-state index is 0.0866. The van der Waals surface area contributed by atoms with Crippen molar-refractivity contribution in [2.24, 2.45) is 0 Å². The number of carbonyl (C=O) groups excluding carboxylic acids is 2. The van der Waals surface area contributed by atoms with Crippen molar-refractivity contribution < 1.29 is 19.4 Å².